The summed E-state index contributed by atoms with van der Waals surface area (Å²) in [5.74, 6) is -1.65. The molecule has 2 heterocycles. The number of benzene rings is 2. The Labute approximate surface area is 192 Å². The topological polar surface area (TPSA) is 84.3 Å². The van der Waals surface area contributed by atoms with Crippen molar-refractivity contribution in [3.8, 4) is 0 Å². The summed E-state index contributed by atoms with van der Waals surface area (Å²) in [7, 11) is 1.91. The molecule has 158 valence electrons. The van der Waals surface area contributed by atoms with Crippen molar-refractivity contribution in [2.45, 2.75) is 23.0 Å². The molecule has 0 saturated heterocycles. The van der Waals surface area contributed by atoms with Crippen molar-refractivity contribution in [2.75, 3.05) is 5.32 Å². The molecule has 2 aromatic carbocycles. The van der Waals surface area contributed by atoms with Crippen molar-refractivity contribution >= 4 is 58.4 Å². The van der Waals surface area contributed by atoms with Crippen LogP contribution in [-0.4, -0.2) is 38.2 Å². The van der Waals surface area contributed by atoms with Gasteiger partial charge in [0.15, 0.2) is 5.16 Å². The van der Waals surface area contributed by atoms with Gasteiger partial charge in [-0.05, 0) is 43.3 Å². The minimum atomic E-state index is -1.02. The maximum absolute atomic E-state index is 12.7. The largest absolute Gasteiger partial charge is 0.329 e. The Balaban J connectivity index is 1.46. The predicted molar refractivity (Wildman–Crippen MR) is 119 cm³/mol. The van der Waals surface area contributed by atoms with Crippen LogP contribution in [0.3, 0.4) is 0 Å². The summed E-state index contributed by atoms with van der Waals surface area (Å²) < 4.78 is 1.91. The van der Waals surface area contributed by atoms with E-state index in [4.69, 9.17) is 23.2 Å². The van der Waals surface area contributed by atoms with E-state index in [1.54, 1.807) is 18.3 Å². The van der Waals surface area contributed by atoms with Crippen LogP contribution in [0.1, 0.15) is 27.6 Å². The monoisotopic (exact) mass is 474 g/mol. The van der Waals surface area contributed by atoms with Gasteiger partial charge in [0.1, 0.15) is 6.04 Å². The van der Waals surface area contributed by atoms with Gasteiger partial charge >= 0.3 is 0 Å². The summed E-state index contributed by atoms with van der Waals surface area (Å²) in [6, 6.07) is 8.88. The molecule has 1 aliphatic rings. The van der Waals surface area contributed by atoms with Crippen molar-refractivity contribution < 1.29 is 14.4 Å². The molecule has 0 fully saturated rings. The summed E-state index contributed by atoms with van der Waals surface area (Å²) in [5.41, 5.74) is 0.813. The van der Waals surface area contributed by atoms with Crippen molar-refractivity contribution in [2.24, 2.45) is 7.05 Å². The van der Waals surface area contributed by atoms with Crippen LogP contribution >= 0.6 is 35.0 Å². The third-order valence-electron chi connectivity index (χ3n) is 4.83. The highest BCUT2D eigenvalue weighted by atomic mass is 35.5. The fourth-order valence-corrected chi connectivity index (χ4v) is 4.26. The molecule has 7 nitrogen and oxygen atoms in total. The second-order valence-corrected chi connectivity index (χ2v) is 8.76. The van der Waals surface area contributed by atoms with Gasteiger partial charge in [0.05, 0.1) is 21.2 Å². The second-order valence-electron chi connectivity index (χ2n) is 6.90. The number of halogens is 2. The van der Waals surface area contributed by atoms with E-state index in [0.29, 0.717) is 5.69 Å². The standard InChI is InChI=1S/C21H16Cl2N4O3S/c1-11(27-19(29)14-9-16(22)17(23)10-15(14)20(27)30)18(28)25-12-3-5-13(6-4-12)31-21-24-7-8-26(21)2/h3-11H,1-2H3,(H,25,28). The molecule has 0 saturated carbocycles. The Bertz CT molecular complexity index is 1170. The number of imidazole rings is 1. The number of anilines is 1. The van der Waals surface area contributed by atoms with E-state index < -0.39 is 23.8 Å². The van der Waals surface area contributed by atoms with Crippen molar-refractivity contribution in [3.05, 3.63) is 70.0 Å². The van der Waals surface area contributed by atoms with E-state index in [1.165, 1.54) is 30.8 Å². The van der Waals surface area contributed by atoms with Gasteiger partial charge in [-0.15, -0.1) is 0 Å². The number of nitrogens with zero attached hydrogens (tertiary/aromatic N) is 3. The number of rotatable bonds is 5. The Morgan fingerprint density at radius 1 is 1.06 bits per heavy atom. The van der Waals surface area contributed by atoms with Crippen molar-refractivity contribution in [1.29, 1.82) is 0 Å². The van der Waals surface area contributed by atoms with E-state index in [9.17, 15) is 14.4 Å². The highest BCUT2D eigenvalue weighted by molar-refractivity contribution is 7.99. The quantitative estimate of drug-likeness (QED) is 0.550. The normalized spacial score (nSPS) is 14.0. The van der Waals surface area contributed by atoms with Crippen LogP contribution in [0.2, 0.25) is 10.0 Å². The molecule has 1 aromatic heterocycles. The van der Waals surface area contributed by atoms with Gasteiger partial charge in [0.2, 0.25) is 5.91 Å². The number of aryl methyl sites for hydroxylation is 1. The van der Waals surface area contributed by atoms with Crippen LogP contribution in [0.15, 0.2) is 58.8 Å². The number of carbonyl (C=O) groups is 3. The summed E-state index contributed by atoms with van der Waals surface area (Å²) in [6.45, 7) is 1.49. The van der Waals surface area contributed by atoms with E-state index in [2.05, 4.69) is 10.3 Å². The van der Waals surface area contributed by atoms with Crippen LogP contribution in [0.25, 0.3) is 0 Å². The van der Waals surface area contributed by atoms with Crippen molar-refractivity contribution in [1.82, 2.24) is 14.5 Å². The lowest BCUT2D eigenvalue weighted by Crippen LogP contribution is -2.45. The molecule has 1 aliphatic heterocycles. The number of nitrogens with one attached hydrogen (secondary N) is 1. The number of amides is 3. The Hall–Kier alpha value is -2.81. The molecule has 1 atom stereocenters. The van der Waals surface area contributed by atoms with Crippen LogP contribution in [0.4, 0.5) is 5.69 Å². The molecule has 0 aliphatic carbocycles. The van der Waals surface area contributed by atoms with Gasteiger partial charge in [0.25, 0.3) is 11.8 Å². The molecule has 0 radical (unpaired) electrons. The first kappa shape index (κ1) is 21.4. The molecule has 10 heteroatoms. The smallest absolute Gasteiger partial charge is 0.262 e. The third-order valence-corrected chi connectivity index (χ3v) is 6.64. The Kier molecular flexibility index (Phi) is 5.79. The molecule has 0 spiro atoms. The molecule has 0 bridgehead atoms. The molecule has 4 rings (SSSR count). The molecule has 1 unspecified atom stereocenters. The number of aromatic nitrogens is 2. The fraction of sp³-hybridized carbons (Fsp3) is 0.143. The summed E-state index contributed by atoms with van der Waals surface area (Å²) >= 11 is 13.4. The second kappa shape index (κ2) is 8.37. The minimum absolute atomic E-state index is 0.134. The first-order valence-corrected chi connectivity index (χ1v) is 10.8. The fourth-order valence-electron chi connectivity index (χ4n) is 3.13. The zero-order chi connectivity index (χ0) is 22.3. The zero-order valence-electron chi connectivity index (χ0n) is 16.4. The van der Waals surface area contributed by atoms with Crippen LogP contribution in [-0.2, 0) is 11.8 Å². The van der Waals surface area contributed by atoms with Gasteiger partial charge in [-0.1, -0.05) is 35.0 Å². The number of hydrogen-bond acceptors (Lipinski definition) is 5. The highest BCUT2D eigenvalue weighted by Gasteiger charge is 2.41. The summed E-state index contributed by atoms with van der Waals surface area (Å²) in [4.78, 5) is 44.3. The lowest BCUT2D eigenvalue weighted by atomic mass is 10.1. The van der Waals surface area contributed by atoms with E-state index >= 15 is 0 Å². The third kappa shape index (κ3) is 4.06. The molecule has 3 aromatic rings. The highest BCUT2D eigenvalue weighted by Crippen LogP contribution is 2.32. The molecule has 3 amide bonds. The van der Waals surface area contributed by atoms with Crippen molar-refractivity contribution in [3.63, 3.8) is 0 Å². The average molecular weight is 475 g/mol. The number of fused-ring (bicyclic) bond motifs is 1. The molecule has 31 heavy (non-hydrogen) atoms. The van der Waals surface area contributed by atoms with Crippen LogP contribution < -0.4 is 5.32 Å². The van der Waals surface area contributed by atoms with Gasteiger partial charge < -0.3 is 9.88 Å². The summed E-state index contributed by atoms with van der Waals surface area (Å²) in [5, 5.41) is 3.92. The maximum Gasteiger partial charge on any atom is 0.262 e. The number of imide groups is 1. The lowest BCUT2D eigenvalue weighted by molar-refractivity contribution is -0.119. The minimum Gasteiger partial charge on any atom is -0.329 e. The first-order chi connectivity index (χ1) is 14.8. The van der Waals surface area contributed by atoms with Crippen LogP contribution in [0, 0.1) is 0 Å². The predicted octanol–water partition coefficient (Wildman–Crippen LogP) is 4.50. The summed E-state index contributed by atoms with van der Waals surface area (Å²) in [6.07, 6.45) is 3.58. The van der Waals surface area contributed by atoms with Gasteiger partial charge in [0, 0.05) is 30.0 Å². The lowest BCUT2D eigenvalue weighted by Gasteiger charge is -2.21. The Morgan fingerprint density at radius 2 is 1.65 bits per heavy atom. The van der Waals surface area contributed by atoms with E-state index in [-0.39, 0.29) is 21.2 Å². The number of carbonyl (C=O) groups excluding carboxylic acids is 3. The van der Waals surface area contributed by atoms with Gasteiger partial charge in [-0.25, -0.2) is 4.98 Å². The Morgan fingerprint density at radius 3 is 2.16 bits per heavy atom. The van der Waals surface area contributed by atoms with Gasteiger partial charge in [-0.2, -0.15) is 0 Å². The first-order valence-electron chi connectivity index (χ1n) is 9.19. The van der Waals surface area contributed by atoms with E-state index in [1.807, 2.05) is 29.9 Å². The molecular formula is C21H16Cl2N4O3S. The van der Waals surface area contributed by atoms with Gasteiger partial charge in [-0.3, -0.25) is 19.3 Å². The SMILES string of the molecule is CC(C(=O)Nc1ccc(Sc2nccn2C)cc1)N1C(=O)c2cc(Cl)c(Cl)cc2C1=O. The van der Waals surface area contributed by atoms with E-state index in [0.717, 1.165) is 15.0 Å². The zero-order valence-corrected chi connectivity index (χ0v) is 18.8. The maximum atomic E-state index is 12.7. The molecule has 1 N–H and O–H groups in total. The molecular weight excluding hydrogens is 459 g/mol. The number of hydrogen-bond donors (Lipinski definition) is 1. The van der Waals surface area contributed by atoms with Crippen LogP contribution in [0.5, 0.6) is 0 Å². The average Bonchev–Trinajstić information content (AvgIpc) is 3.24.